The summed E-state index contributed by atoms with van der Waals surface area (Å²) >= 11 is 0. The van der Waals surface area contributed by atoms with Crippen molar-refractivity contribution in [1.29, 1.82) is 0 Å². The highest BCUT2D eigenvalue weighted by molar-refractivity contribution is 5.95. The van der Waals surface area contributed by atoms with Crippen molar-refractivity contribution < 1.29 is 13.9 Å². The highest BCUT2D eigenvalue weighted by atomic mass is 19.1. The molecule has 10 nitrogen and oxygen atoms in total. The Bertz CT molecular complexity index is 1620. The summed E-state index contributed by atoms with van der Waals surface area (Å²) in [6.07, 6.45) is 3.35. The second-order valence-corrected chi connectivity index (χ2v) is 9.80. The van der Waals surface area contributed by atoms with E-state index in [4.69, 9.17) is 4.74 Å². The monoisotopic (exact) mass is 534 g/mol. The van der Waals surface area contributed by atoms with Gasteiger partial charge in [-0.15, -0.1) is 0 Å². The van der Waals surface area contributed by atoms with Crippen molar-refractivity contribution in [3.8, 4) is 17.3 Å². The largest absolute Gasteiger partial charge is 0.477 e. The van der Waals surface area contributed by atoms with Gasteiger partial charge in [-0.2, -0.15) is 0 Å². The first-order valence-electron chi connectivity index (χ1n) is 13.2. The number of hydrogen-bond donors (Lipinski definition) is 0. The van der Waals surface area contributed by atoms with Gasteiger partial charge in [0.15, 0.2) is 11.2 Å². The lowest BCUT2D eigenvalue weighted by Crippen LogP contribution is -2.40. The standard InChI is InChI=1S/C28H31FN6O4/c1-4-12-33-26-24(27(37)34(13-5-2)28(33)38)32(3)25(31-26)19-6-11-22(30-15-19)39-17-18-14-23(36)35(16-18)21-9-7-20(29)8-10-21/h6-11,15,18H,4-5,12-14,16-17H2,1-3H3. The number of fused-ring (bicyclic) bond motifs is 1. The zero-order valence-corrected chi connectivity index (χ0v) is 22.3. The average Bonchev–Trinajstić information content (AvgIpc) is 3.48. The van der Waals surface area contributed by atoms with Gasteiger partial charge in [-0.1, -0.05) is 13.8 Å². The van der Waals surface area contributed by atoms with E-state index in [1.165, 1.54) is 16.7 Å². The van der Waals surface area contributed by atoms with Gasteiger partial charge in [-0.25, -0.2) is 19.2 Å². The fourth-order valence-electron chi connectivity index (χ4n) is 5.03. The quantitative estimate of drug-likeness (QED) is 0.326. The average molecular weight is 535 g/mol. The predicted octanol–water partition coefficient (Wildman–Crippen LogP) is 3.35. The third-order valence-corrected chi connectivity index (χ3v) is 6.94. The number of benzene rings is 1. The van der Waals surface area contributed by atoms with Gasteiger partial charge >= 0.3 is 5.69 Å². The zero-order valence-electron chi connectivity index (χ0n) is 22.3. The number of anilines is 1. The molecule has 11 heteroatoms. The highest BCUT2D eigenvalue weighted by Gasteiger charge is 2.31. The van der Waals surface area contributed by atoms with Crippen LogP contribution in [0.25, 0.3) is 22.6 Å². The number of pyridine rings is 1. The molecule has 1 amide bonds. The van der Waals surface area contributed by atoms with E-state index in [-0.39, 0.29) is 28.9 Å². The van der Waals surface area contributed by atoms with E-state index in [9.17, 15) is 18.8 Å². The van der Waals surface area contributed by atoms with Gasteiger partial charge in [0.25, 0.3) is 5.56 Å². The molecule has 1 fully saturated rings. The molecule has 3 aromatic heterocycles. The van der Waals surface area contributed by atoms with Crippen molar-refractivity contribution in [3.05, 3.63) is 69.3 Å². The fraction of sp³-hybridized carbons (Fsp3) is 0.393. The Morgan fingerprint density at radius 2 is 1.72 bits per heavy atom. The number of rotatable bonds is 9. The van der Waals surface area contributed by atoms with Gasteiger partial charge in [0.1, 0.15) is 11.6 Å². The van der Waals surface area contributed by atoms with Crippen LogP contribution >= 0.6 is 0 Å². The number of halogens is 1. The summed E-state index contributed by atoms with van der Waals surface area (Å²) in [5.41, 5.74) is 1.40. The van der Waals surface area contributed by atoms with Crippen LogP contribution in [-0.4, -0.2) is 42.7 Å². The molecule has 1 aliphatic heterocycles. The van der Waals surface area contributed by atoms with E-state index >= 15 is 0 Å². The van der Waals surface area contributed by atoms with Crippen molar-refractivity contribution in [2.45, 2.75) is 46.2 Å². The van der Waals surface area contributed by atoms with Crippen molar-refractivity contribution in [2.75, 3.05) is 18.1 Å². The molecule has 0 saturated carbocycles. The maximum atomic E-state index is 13.2. The third kappa shape index (κ3) is 4.96. The molecule has 0 N–H and O–H groups in total. The van der Waals surface area contributed by atoms with Crippen LogP contribution in [0.2, 0.25) is 0 Å². The summed E-state index contributed by atoms with van der Waals surface area (Å²) in [6.45, 7) is 5.50. The number of hydrogen-bond acceptors (Lipinski definition) is 6. The highest BCUT2D eigenvalue weighted by Crippen LogP contribution is 2.27. The van der Waals surface area contributed by atoms with E-state index in [1.54, 1.807) is 51.5 Å². The second kappa shape index (κ2) is 10.8. The Balaban J connectivity index is 1.34. The van der Waals surface area contributed by atoms with Gasteiger partial charge in [0.2, 0.25) is 11.8 Å². The van der Waals surface area contributed by atoms with Crippen LogP contribution in [0, 0.1) is 11.7 Å². The number of aromatic nitrogens is 5. The van der Waals surface area contributed by atoms with Crippen LogP contribution in [0.5, 0.6) is 5.88 Å². The first-order valence-corrected chi connectivity index (χ1v) is 13.2. The van der Waals surface area contributed by atoms with Crippen LogP contribution in [0.3, 0.4) is 0 Å². The summed E-state index contributed by atoms with van der Waals surface area (Å²) in [5.74, 6) is 0.529. The van der Waals surface area contributed by atoms with Gasteiger partial charge in [-0.3, -0.25) is 18.7 Å². The molecular formula is C28H31FN6O4. The van der Waals surface area contributed by atoms with Gasteiger partial charge in [0, 0.05) is 62.5 Å². The minimum atomic E-state index is -0.348. The molecule has 39 heavy (non-hydrogen) atoms. The Hall–Kier alpha value is -4.28. The minimum absolute atomic E-state index is 0.0236. The minimum Gasteiger partial charge on any atom is -0.477 e. The lowest BCUT2D eigenvalue weighted by atomic mass is 10.1. The van der Waals surface area contributed by atoms with E-state index in [0.717, 1.165) is 6.42 Å². The lowest BCUT2D eigenvalue weighted by Gasteiger charge is -2.17. The SMILES string of the molecule is CCCn1c(=O)c2c(nc(-c3ccc(OCC4CC(=O)N(c5ccc(F)cc5)C4)nc3)n2C)n(CCC)c1=O. The Kier molecular flexibility index (Phi) is 7.32. The van der Waals surface area contributed by atoms with Crippen molar-refractivity contribution in [3.63, 3.8) is 0 Å². The van der Waals surface area contributed by atoms with Crippen LogP contribution in [0.15, 0.2) is 52.2 Å². The molecule has 0 aliphatic carbocycles. The van der Waals surface area contributed by atoms with Crippen LogP contribution < -0.4 is 20.9 Å². The summed E-state index contributed by atoms with van der Waals surface area (Å²) in [5, 5.41) is 0. The number of imidazole rings is 1. The molecule has 4 aromatic rings. The Morgan fingerprint density at radius 3 is 2.38 bits per heavy atom. The first kappa shape index (κ1) is 26.3. The molecular weight excluding hydrogens is 503 g/mol. The van der Waals surface area contributed by atoms with Crippen molar-refractivity contribution >= 4 is 22.8 Å². The molecule has 1 aliphatic rings. The van der Waals surface area contributed by atoms with Crippen molar-refractivity contribution in [2.24, 2.45) is 13.0 Å². The normalized spacial score (nSPS) is 15.4. The van der Waals surface area contributed by atoms with E-state index in [0.29, 0.717) is 73.2 Å². The maximum Gasteiger partial charge on any atom is 0.332 e. The van der Waals surface area contributed by atoms with E-state index in [2.05, 4.69) is 9.97 Å². The molecule has 0 spiro atoms. The molecule has 0 bridgehead atoms. The Morgan fingerprint density at radius 1 is 1.00 bits per heavy atom. The summed E-state index contributed by atoms with van der Waals surface area (Å²) in [4.78, 5) is 49.4. The smallest absolute Gasteiger partial charge is 0.332 e. The molecule has 1 atom stereocenters. The van der Waals surface area contributed by atoms with Gasteiger partial charge in [-0.05, 0) is 43.2 Å². The number of carbonyl (C=O) groups is 1. The summed E-state index contributed by atoms with van der Waals surface area (Å²) in [7, 11) is 1.76. The van der Waals surface area contributed by atoms with Crippen LogP contribution in [0.1, 0.15) is 33.1 Å². The van der Waals surface area contributed by atoms with E-state index < -0.39 is 0 Å². The van der Waals surface area contributed by atoms with Crippen LogP contribution in [-0.2, 0) is 24.9 Å². The van der Waals surface area contributed by atoms with Gasteiger partial charge in [0.05, 0.1) is 6.61 Å². The molecule has 1 aromatic carbocycles. The molecule has 1 saturated heterocycles. The molecule has 1 unspecified atom stereocenters. The fourth-order valence-corrected chi connectivity index (χ4v) is 5.03. The number of aryl methyl sites for hydroxylation is 2. The third-order valence-electron chi connectivity index (χ3n) is 6.94. The summed E-state index contributed by atoms with van der Waals surface area (Å²) < 4.78 is 23.7. The zero-order chi connectivity index (χ0) is 27.7. The number of nitrogens with zero attached hydrogens (tertiary/aromatic N) is 6. The molecule has 4 heterocycles. The number of carbonyl (C=O) groups excluding carboxylic acids is 1. The predicted molar refractivity (Wildman–Crippen MR) is 145 cm³/mol. The van der Waals surface area contributed by atoms with E-state index in [1.807, 2.05) is 13.8 Å². The maximum absolute atomic E-state index is 13.2. The Labute approximate surface area is 224 Å². The number of ether oxygens (including phenoxy) is 1. The van der Waals surface area contributed by atoms with Gasteiger partial charge < -0.3 is 14.2 Å². The second-order valence-electron chi connectivity index (χ2n) is 9.80. The lowest BCUT2D eigenvalue weighted by molar-refractivity contribution is -0.117. The van der Waals surface area contributed by atoms with Crippen molar-refractivity contribution in [1.82, 2.24) is 23.7 Å². The molecule has 204 valence electrons. The number of amides is 1. The summed E-state index contributed by atoms with van der Waals surface area (Å²) in [6, 6.07) is 9.40. The topological polar surface area (TPSA) is 104 Å². The molecule has 5 rings (SSSR count). The molecule has 0 radical (unpaired) electrons. The first-order chi connectivity index (χ1) is 18.8. The van der Waals surface area contributed by atoms with Crippen LogP contribution in [0.4, 0.5) is 10.1 Å².